The second-order valence-corrected chi connectivity index (χ2v) is 5.42. The number of hydrogen-bond donors (Lipinski definition) is 0. The van der Waals surface area contributed by atoms with E-state index < -0.39 is 0 Å². The first-order valence-corrected chi connectivity index (χ1v) is 7.33. The Hall–Kier alpha value is -2.08. The predicted octanol–water partition coefficient (Wildman–Crippen LogP) is 1.27. The van der Waals surface area contributed by atoms with Crippen molar-refractivity contribution in [1.29, 1.82) is 0 Å². The van der Waals surface area contributed by atoms with Gasteiger partial charge in [0.05, 0.1) is 0 Å². The summed E-state index contributed by atoms with van der Waals surface area (Å²) in [6.45, 7) is 3.65. The zero-order chi connectivity index (χ0) is 14.5. The Morgan fingerprint density at radius 3 is 2.86 bits per heavy atom. The molecule has 6 heteroatoms. The number of likely N-dealkylation sites (tertiary alicyclic amines) is 1. The van der Waals surface area contributed by atoms with Gasteiger partial charge in [0.25, 0.3) is 0 Å². The lowest BCUT2D eigenvalue weighted by molar-refractivity contribution is 0.0811. The highest BCUT2D eigenvalue weighted by atomic mass is 16.1. The molecule has 2 aromatic heterocycles. The highest BCUT2D eigenvalue weighted by Gasteiger charge is 2.26. The normalized spacial score (nSPS) is 19.5. The van der Waals surface area contributed by atoms with Crippen molar-refractivity contribution in [2.24, 2.45) is 5.92 Å². The molecule has 0 amide bonds. The van der Waals surface area contributed by atoms with E-state index in [1.807, 2.05) is 16.7 Å². The molecule has 2 aromatic rings. The van der Waals surface area contributed by atoms with Crippen molar-refractivity contribution in [2.45, 2.75) is 19.4 Å². The van der Waals surface area contributed by atoms with Crippen LogP contribution in [0, 0.1) is 5.92 Å². The average Bonchev–Trinajstić information content (AvgIpc) is 3.07. The van der Waals surface area contributed by atoms with Crippen LogP contribution < -0.4 is 0 Å². The molecule has 6 nitrogen and oxygen atoms in total. The molecule has 0 bridgehead atoms. The summed E-state index contributed by atoms with van der Waals surface area (Å²) in [6.07, 6.45) is 7.14. The first-order chi connectivity index (χ1) is 10.3. The van der Waals surface area contributed by atoms with E-state index in [-0.39, 0.29) is 11.7 Å². The van der Waals surface area contributed by atoms with Crippen LogP contribution in [0.1, 0.15) is 23.3 Å². The molecule has 1 unspecified atom stereocenters. The molecule has 3 heterocycles. The van der Waals surface area contributed by atoms with E-state index in [0.717, 1.165) is 39.0 Å². The maximum absolute atomic E-state index is 12.5. The largest absolute Gasteiger partial charge is 0.319 e. The summed E-state index contributed by atoms with van der Waals surface area (Å²) < 4.78 is 1.96. The molecule has 1 atom stereocenters. The number of aromatic nitrogens is 4. The van der Waals surface area contributed by atoms with Crippen molar-refractivity contribution in [2.75, 3.05) is 19.6 Å². The number of pyridine rings is 1. The molecule has 0 aromatic carbocycles. The summed E-state index contributed by atoms with van der Waals surface area (Å²) >= 11 is 0. The van der Waals surface area contributed by atoms with E-state index in [1.165, 1.54) is 0 Å². The molecule has 0 N–H and O–H groups in total. The Bertz CT molecular complexity index is 569. The van der Waals surface area contributed by atoms with E-state index in [4.69, 9.17) is 0 Å². The minimum atomic E-state index is 0.0644. The van der Waals surface area contributed by atoms with E-state index in [2.05, 4.69) is 20.1 Å². The molecule has 0 radical (unpaired) electrons. The Morgan fingerprint density at radius 1 is 1.24 bits per heavy atom. The number of hydrogen-bond acceptors (Lipinski definition) is 5. The Kier molecular flexibility index (Phi) is 4.35. The number of carbonyl (C=O) groups excluding carboxylic acids is 1. The van der Waals surface area contributed by atoms with Gasteiger partial charge in [-0.3, -0.25) is 9.78 Å². The molecule has 1 fully saturated rings. The fourth-order valence-corrected chi connectivity index (χ4v) is 2.78. The molecule has 1 saturated heterocycles. The Morgan fingerprint density at radius 2 is 2.10 bits per heavy atom. The summed E-state index contributed by atoms with van der Waals surface area (Å²) in [6, 6.07) is 5.51. The van der Waals surface area contributed by atoms with Crippen LogP contribution in [-0.4, -0.2) is 50.1 Å². The monoisotopic (exact) mass is 285 g/mol. The number of nitrogens with zero attached hydrogens (tertiary/aromatic N) is 5. The van der Waals surface area contributed by atoms with Crippen LogP contribution in [0.2, 0.25) is 0 Å². The fraction of sp³-hybridized carbons (Fsp3) is 0.467. The molecule has 1 aliphatic rings. The third kappa shape index (κ3) is 3.52. The van der Waals surface area contributed by atoms with E-state index in [0.29, 0.717) is 5.69 Å². The molecule has 0 saturated carbocycles. The van der Waals surface area contributed by atoms with Crippen LogP contribution in [0.15, 0.2) is 37.1 Å². The molecular weight excluding hydrogens is 266 g/mol. The minimum absolute atomic E-state index is 0.0644. The van der Waals surface area contributed by atoms with Crippen molar-refractivity contribution in [3.05, 3.63) is 42.7 Å². The van der Waals surface area contributed by atoms with Gasteiger partial charge in [0.2, 0.25) is 0 Å². The smallest absolute Gasteiger partial charge is 0.185 e. The quantitative estimate of drug-likeness (QED) is 0.774. The number of Topliss-reactive ketones (excluding diaryl/α,β-unsaturated/α-hetero) is 1. The summed E-state index contributed by atoms with van der Waals surface area (Å²) in [4.78, 5) is 19.0. The lowest BCUT2D eigenvalue weighted by Gasteiger charge is -2.31. The Balaban J connectivity index is 1.56. The van der Waals surface area contributed by atoms with Gasteiger partial charge >= 0.3 is 0 Å². The van der Waals surface area contributed by atoms with Crippen molar-refractivity contribution >= 4 is 5.78 Å². The first kappa shape index (κ1) is 13.9. The molecule has 1 aliphatic heterocycles. The first-order valence-electron chi connectivity index (χ1n) is 7.33. The molecule has 110 valence electrons. The molecule has 0 spiro atoms. The van der Waals surface area contributed by atoms with E-state index >= 15 is 0 Å². The molecule has 3 rings (SSSR count). The molecule has 0 aliphatic carbocycles. The standard InChI is InChI=1S/C15H19N5O/c21-15(14-5-1-2-6-16-14)13-4-3-7-19(10-13)8-9-20-11-17-18-12-20/h1-2,5-6,11-13H,3-4,7-10H2. The number of carbonyl (C=O) groups is 1. The van der Waals surface area contributed by atoms with Gasteiger partial charge in [-0.25, -0.2) is 0 Å². The lowest BCUT2D eigenvalue weighted by Crippen LogP contribution is -2.40. The van der Waals surface area contributed by atoms with Gasteiger partial charge in [-0.05, 0) is 31.5 Å². The molecular formula is C15H19N5O. The maximum Gasteiger partial charge on any atom is 0.185 e. The number of piperidine rings is 1. The fourth-order valence-electron chi connectivity index (χ4n) is 2.78. The minimum Gasteiger partial charge on any atom is -0.319 e. The van der Waals surface area contributed by atoms with Gasteiger partial charge in [-0.1, -0.05) is 6.07 Å². The van der Waals surface area contributed by atoms with Crippen molar-refractivity contribution < 1.29 is 4.79 Å². The number of ketones is 1. The highest BCUT2D eigenvalue weighted by molar-refractivity contribution is 5.96. The van der Waals surface area contributed by atoms with Crippen LogP contribution in [0.4, 0.5) is 0 Å². The lowest BCUT2D eigenvalue weighted by atomic mass is 9.92. The summed E-state index contributed by atoms with van der Waals surface area (Å²) in [7, 11) is 0. The van der Waals surface area contributed by atoms with Crippen LogP contribution in [0.5, 0.6) is 0 Å². The van der Waals surface area contributed by atoms with Crippen LogP contribution in [0.25, 0.3) is 0 Å². The SMILES string of the molecule is O=C(c1ccccn1)C1CCCN(CCn2cnnc2)C1. The average molecular weight is 285 g/mol. The summed E-state index contributed by atoms with van der Waals surface area (Å²) in [5.74, 6) is 0.235. The van der Waals surface area contributed by atoms with Gasteiger partial charge in [0.1, 0.15) is 18.3 Å². The van der Waals surface area contributed by atoms with Crippen molar-refractivity contribution in [3.8, 4) is 0 Å². The van der Waals surface area contributed by atoms with Crippen LogP contribution >= 0.6 is 0 Å². The van der Waals surface area contributed by atoms with Gasteiger partial charge in [-0.2, -0.15) is 0 Å². The number of rotatable bonds is 5. The topological polar surface area (TPSA) is 63.9 Å². The van der Waals surface area contributed by atoms with Gasteiger partial charge < -0.3 is 9.47 Å². The predicted molar refractivity (Wildman–Crippen MR) is 77.8 cm³/mol. The van der Waals surface area contributed by atoms with E-state index in [1.54, 1.807) is 24.9 Å². The summed E-state index contributed by atoms with van der Waals surface area (Å²) in [5, 5.41) is 7.60. The Labute approximate surface area is 123 Å². The zero-order valence-electron chi connectivity index (χ0n) is 11.9. The summed E-state index contributed by atoms with van der Waals surface area (Å²) in [5.41, 5.74) is 0.586. The van der Waals surface area contributed by atoms with Crippen LogP contribution in [0.3, 0.4) is 0 Å². The third-order valence-corrected chi connectivity index (χ3v) is 3.93. The molecule has 21 heavy (non-hydrogen) atoms. The van der Waals surface area contributed by atoms with Crippen molar-refractivity contribution in [3.63, 3.8) is 0 Å². The highest BCUT2D eigenvalue weighted by Crippen LogP contribution is 2.20. The zero-order valence-corrected chi connectivity index (χ0v) is 11.9. The second kappa shape index (κ2) is 6.58. The maximum atomic E-state index is 12.5. The third-order valence-electron chi connectivity index (χ3n) is 3.93. The van der Waals surface area contributed by atoms with Gasteiger partial charge in [0, 0.05) is 31.7 Å². The van der Waals surface area contributed by atoms with Crippen molar-refractivity contribution in [1.82, 2.24) is 24.6 Å². The van der Waals surface area contributed by atoms with Gasteiger partial charge in [-0.15, -0.1) is 10.2 Å². The van der Waals surface area contributed by atoms with E-state index in [9.17, 15) is 4.79 Å². The van der Waals surface area contributed by atoms with Crippen LogP contribution in [-0.2, 0) is 6.54 Å². The second-order valence-electron chi connectivity index (χ2n) is 5.42. The van der Waals surface area contributed by atoms with Gasteiger partial charge in [0.15, 0.2) is 5.78 Å².